The van der Waals surface area contributed by atoms with Crippen LogP contribution in [-0.4, -0.2) is 54.5 Å². The molecule has 9 nitrogen and oxygen atoms in total. The zero-order valence-corrected chi connectivity index (χ0v) is 11.6. The first-order valence-electron chi connectivity index (χ1n) is 6.26. The van der Waals surface area contributed by atoms with E-state index >= 15 is 0 Å². The number of aromatic nitrogens is 1. The molecule has 0 fully saturated rings. The standard InChI is InChI=1S/C12H17N3O6/c1-20-12(17)9-3-4-10(15(18)19)11(14-9)13-5-2-7-21-8-6-16/h3-4,16H,2,5-8H2,1H3,(H,13,14). The summed E-state index contributed by atoms with van der Waals surface area (Å²) in [6.45, 7) is 0.972. The third-order valence-electron chi connectivity index (χ3n) is 2.46. The number of rotatable bonds is 9. The summed E-state index contributed by atoms with van der Waals surface area (Å²) in [6.07, 6.45) is 0.571. The van der Waals surface area contributed by atoms with E-state index in [2.05, 4.69) is 15.0 Å². The Labute approximate surface area is 121 Å². The van der Waals surface area contributed by atoms with Gasteiger partial charge >= 0.3 is 11.7 Å². The smallest absolute Gasteiger partial charge is 0.356 e. The molecule has 0 saturated heterocycles. The molecule has 0 aromatic carbocycles. The Morgan fingerprint density at radius 3 is 2.86 bits per heavy atom. The number of ether oxygens (including phenoxy) is 2. The van der Waals surface area contributed by atoms with Crippen molar-refractivity contribution in [2.45, 2.75) is 6.42 Å². The lowest BCUT2D eigenvalue weighted by atomic mass is 10.3. The maximum absolute atomic E-state index is 11.4. The molecule has 0 atom stereocenters. The number of anilines is 1. The van der Waals surface area contributed by atoms with Gasteiger partial charge in [0.05, 0.1) is 25.2 Å². The lowest BCUT2D eigenvalue weighted by molar-refractivity contribution is -0.384. The van der Waals surface area contributed by atoms with Crippen molar-refractivity contribution in [1.82, 2.24) is 4.98 Å². The number of carbonyl (C=O) groups excluding carboxylic acids is 1. The Morgan fingerprint density at radius 1 is 1.48 bits per heavy atom. The van der Waals surface area contributed by atoms with Gasteiger partial charge in [-0.05, 0) is 12.5 Å². The summed E-state index contributed by atoms with van der Waals surface area (Å²) in [6, 6.07) is 2.43. The average molecular weight is 299 g/mol. The van der Waals surface area contributed by atoms with Crippen molar-refractivity contribution >= 4 is 17.5 Å². The summed E-state index contributed by atoms with van der Waals surface area (Å²) < 4.78 is 9.58. The number of aliphatic hydroxyl groups is 1. The number of esters is 1. The molecule has 1 heterocycles. The van der Waals surface area contributed by atoms with Gasteiger partial charge in [0.25, 0.3) is 0 Å². The SMILES string of the molecule is COC(=O)c1ccc([N+](=O)[O-])c(NCCCOCCO)n1. The Morgan fingerprint density at radius 2 is 2.24 bits per heavy atom. The number of hydrogen-bond donors (Lipinski definition) is 2. The molecular formula is C12H17N3O6. The number of nitro groups is 1. The maximum Gasteiger partial charge on any atom is 0.356 e. The van der Waals surface area contributed by atoms with E-state index < -0.39 is 10.9 Å². The van der Waals surface area contributed by atoms with Gasteiger partial charge in [-0.2, -0.15) is 0 Å². The predicted octanol–water partition coefficient (Wildman–Crippen LogP) is 0.587. The molecule has 0 saturated carbocycles. The van der Waals surface area contributed by atoms with Crippen LogP contribution in [-0.2, 0) is 9.47 Å². The average Bonchev–Trinajstić information content (AvgIpc) is 2.49. The van der Waals surface area contributed by atoms with Gasteiger partial charge in [-0.1, -0.05) is 0 Å². The van der Waals surface area contributed by atoms with Crippen LogP contribution in [0.2, 0.25) is 0 Å². The van der Waals surface area contributed by atoms with Gasteiger partial charge in [-0.3, -0.25) is 10.1 Å². The Hall–Kier alpha value is -2.26. The first-order chi connectivity index (χ1) is 10.1. The second kappa shape index (κ2) is 8.82. The molecule has 0 amide bonds. The fraction of sp³-hybridized carbons (Fsp3) is 0.500. The Kier molecular flexibility index (Phi) is 7.05. The van der Waals surface area contributed by atoms with Gasteiger partial charge in [0.15, 0.2) is 5.69 Å². The normalized spacial score (nSPS) is 10.2. The van der Waals surface area contributed by atoms with Crippen LogP contribution in [0.25, 0.3) is 0 Å². The highest BCUT2D eigenvalue weighted by Crippen LogP contribution is 2.22. The van der Waals surface area contributed by atoms with E-state index in [1.165, 1.54) is 19.2 Å². The van der Waals surface area contributed by atoms with Crippen LogP contribution in [0.5, 0.6) is 0 Å². The van der Waals surface area contributed by atoms with E-state index in [0.717, 1.165) is 0 Å². The minimum absolute atomic E-state index is 0.00468. The van der Waals surface area contributed by atoms with Crippen LogP contribution in [0.4, 0.5) is 11.5 Å². The summed E-state index contributed by atoms with van der Waals surface area (Å²) >= 11 is 0. The summed E-state index contributed by atoms with van der Waals surface area (Å²) in [5.41, 5.74) is -0.235. The maximum atomic E-state index is 11.4. The quantitative estimate of drug-likeness (QED) is 0.294. The van der Waals surface area contributed by atoms with Crippen molar-refractivity contribution < 1.29 is 24.3 Å². The Bertz CT molecular complexity index is 494. The molecule has 2 N–H and O–H groups in total. The van der Waals surface area contributed by atoms with Gasteiger partial charge in [-0.15, -0.1) is 0 Å². The van der Waals surface area contributed by atoms with Crippen LogP contribution in [0.3, 0.4) is 0 Å². The van der Waals surface area contributed by atoms with Gasteiger partial charge < -0.3 is 19.9 Å². The molecule has 1 aromatic heterocycles. The van der Waals surface area contributed by atoms with Crippen molar-refractivity contribution in [3.63, 3.8) is 0 Å². The molecule has 0 bridgehead atoms. The van der Waals surface area contributed by atoms with Crippen molar-refractivity contribution in [3.8, 4) is 0 Å². The third kappa shape index (κ3) is 5.32. The molecule has 0 aliphatic carbocycles. The summed E-state index contributed by atoms with van der Waals surface area (Å²) in [4.78, 5) is 25.6. The highest BCUT2D eigenvalue weighted by atomic mass is 16.6. The van der Waals surface area contributed by atoms with Crippen molar-refractivity contribution in [2.24, 2.45) is 0 Å². The van der Waals surface area contributed by atoms with Crippen molar-refractivity contribution in [1.29, 1.82) is 0 Å². The highest BCUT2D eigenvalue weighted by molar-refractivity contribution is 5.88. The minimum Gasteiger partial charge on any atom is -0.464 e. The topological polar surface area (TPSA) is 124 Å². The zero-order chi connectivity index (χ0) is 15.7. The lowest BCUT2D eigenvalue weighted by Gasteiger charge is -2.07. The third-order valence-corrected chi connectivity index (χ3v) is 2.46. The van der Waals surface area contributed by atoms with Crippen LogP contribution in [0.15, 0.2) is 12.1 Å². The van der Waals surface area contributed by atoms with Crippen LogP contribution < -0.4 is 5.32 Å². The van der Waals surface area contributed by atoms with Crippen LogP contribution >= 0.6 is 0 Å². The number of carbonyl (C=O) groups is 1. The Balaban J connectivity index is 2.68. The molecule has 1 rings (SSSR count). The molecular weight excluding hydrogens is 282 g/mol. The number of nitrogens with one attached hydrogen (secondary N) is 1. The second-order valence-electron chi connectivity index (χ2n) is 3.93. The van der Waals surface area contributed by atoms with E-state index in [0.29, 0.717) is 19.6 Å². The van der Waals surface area contributed by atoms with Gasteiger partial charge in [0, 0.05) is 19.2 Å². The van der Waals surface area contributed by atoms with Gasteiger partial charge in [0.1, 0.15) is 0 Å². The van der Waals surface area contributed by atoms with Gasteiger partial charge in [0.2, 0.25) is 5.82 Å². The first-order valence-corrected chi connectivity index (χ1v) is 6.26. The van der Waals surface area contributed by atoms with E-state index in [-0.39, 0.29) is 30.4 Å². The van der Waals surface area contributed by atoms with E-state index in [4.69, 9.17) is 9.84 Å². The molecule has 1 aromatic rings. The lowest BCUT2D eigenvalue weighted by Crippen LogP contribution is -2.12. The highest BCUT2D eigenvalue weighted by Gasteiger charge is 2.18. The second-order valence-corrected chi connectivity index (χ2v) is 3.93. The van der Waals surface area contributed by atoms with E-state index in [9.17, 15) is 14.9 Å². The molecule has 9 heteroatoms. The van der Waals surface area contributed by atoms with Crippen molar-refractivity contribution in [3.05, 3.63) is 27.9 Å². The van der Waals surface area contributed by atoms with Crippen molar-refractivity contribution in [2.75, 3.05) is 38.8 Å². The summed E-state index contributed by atoms with van der Waals surface area (Å²) in [5.74, 6) is -0.663. The first kappa shape index (κ1) is 16.8. The fourth-order valence-electron chi connectivity index (χ4n) is 1.50. The molecule has 0 radical (unpaired) electrons. The molecule has 0 spiro atoms. The molecule has 0 unspecified atom stereocenters. The number of pyridine rings is 1. The van der Waals surface area contributed by atoms with Crippen LogP contribution in [0, 0.1) is 10.1 Å². The molecule has 116 valence electrons. The summed E-state index contributed by atoms with van der Waals surface area (Å²) in [7, 11) is 1.21. The number of aliphatic hydroxyl groups excluding tert-OH is 1. The predicted molar refractivity (Wildman–Crippen MR) is 73.2 cm³/mol. The fourth-order valence-corrected chi connectivity index (χ4v) is 1.50. The van der Waals surface area contributed by atoms with E-state index in [1.807, 2.05) is 0 Å². The summed E-state index contributed by atoms with van der Waals surface area (Å²) in [5, 5.41) is 22.2. The zero-order valence-electron chi connectivity index (χ0n) is 11.6. The molecule has 0 aliphatic rings. The largest absolute Gasteiger partial charge is 0.464 e. The van der Waals surface area contributed by atoms with Gasteiger partial charge in [-0.25, -0.2) is 9.78 Å². The van der Waals surface area contributed by atoms with Crippen LogP contribution in [0.1, 0.15) is 16.9 Å². The number of nitrogens with zero attached hydrogens (tertiary/aromatic N) is 2. The monoisotopic (exact) mass is 299 g/mol. The number of hydrogen-bond acceptors (Lipinski definition) is 8. The van der Waals surface area contributed by atoms with E-state index in [1.54, 1.807) is 0 Å². The molecule has 0 aliphatic heterocycles. The molecule has 21 heavy (non-hydrogen) atoms. The minimum atomic E-state index is -0.667. The number of methoxy groups -OCH3 is 1.